The van der Waals surface area contributed by atoms with Gasteiger partial charge in [-0.3, -0.25) is 0 Å². The fraction of sp³-hybridized carbons (Fsp3) is 0.0652. The predicted octanol–water partition coefficient (Wildman–Crippen LogP) is 12.7. The standard InChI is InChI=1S/C46H29N3O2/c1-46(2)35-14-6-3-10-28(35)29-20-18-27(23-36(29)46)48(40-16-9-13-32-31-12-5-8-17-41(31)51-44(32)40)26-19-21-39-34(22-26)42-43-33(24-37-45(42)50-25-47-37)30-11-4-7-15-38(30)49(39)43/h3-25H,1-2H3. The van der Waals surface area contributed by atoms with E-state index in [0.29, 0.717) is 0 Å². The second-order valence-electron chi connectivity index (χ2n) is 14.4. The molecule has 51 heavy (non-hydrogen) atoms. The van der Waals surface area contributed by atoms with E-state index in [-0.39, 0.29) is 5.41 Å². The summed E-state index contributed by atoms with van der Waals surface area (Å²) in [5, 5.41) is 6.81. The minimum atomic E-state index is -0.144. The Hall–Kier alpha value is -6.59. The van der Waals surface area contributed by atoms with Crippen molar-refractivity contribution in [2.75, 3.05) is 4.90 Å². The van der Waals surface area contributed by atoms with Gasteiger partial charge in [0.05, 0.1) is 27.6 Å². The molecule has 0 atom stereocenters. The van der Waals surface area contributed by atoms with Crippen molar-refractivity contribution in [2.24, 2.45) is 0 Å². The molecule has 0 fully saturated rings. The van der Waals surface area contributed by atoms with Crippen molar-refractivity contribution in [3.05, 3.63) is 151 Å². The van der Waals surface area contributed by atoms with Crippen LogP contribution in [0, 0.1) is 0 Å². The zero-order chi connectivity index (χ0) is 33.6. The molecule has 0 N–H and O–H groups in total. The summed E-state index contributed by atoms with van der Waals surface area (Å²) in [7, 11) is 0. The SMILES string of the molecule is CC1(C)c2ccccc2-c2ccc(N(c3ccc4c(c3)c3c5ocnc5cc5c6ccccc6n4c53)c3cccc4c3oc3ccccc34)cc21. The largest absolute Gasteiger partial charge is 0.454 e. The highest BCUT2D eigenvalue weighted by Gasteiger charge is 2.36. The first-order chi connectivity index (χ1) is 25.1. The fourth-order valence-electron chi connectivity index (χ4n) is 9.17. The molecule has 11 aromatic rings. The summed E-state index contributed by atoms with van der Waals surface area (Å²) >= 11 is 0. The molecule has 5 heteroatoms. The van der Waals surface area contributed by atoms with E-state index in [4.69, 9.17) is 8.83 Å². The van der Waals surface area contributed by atoms with Crippen LogP contribution >= 0.6 is 0 Å². The first kappa shape index (κ1) is 27.3. The first-order valence-corrected chi connectivity index (χ1v) is 17.5. The quantitative estimate of drug-likeness (QED) is 0.190. The minimum Gasteiger partial charge on any atom is -0.454 e. The van der Waals surface area contributed by atoms with Gasteiger partial charge in [0.15, 0.2) is 17.6 Å². The van der Waals surface area contributed by atoms with Gasteiger partial charge in [0, 0.05) is 43.7 Å². The van der Waals surface area contributed by atoms with E-state index < -0.39 is 0 Å². The maximum atomic E-state index is 6.70. The molecule has 0 bridgehead atoms. The van der Waals surface area contributed by atoms with Crippen LogP contribution in [0.15, 0.2) is 149 Å². The summed E-state index contributed by atoms with van der Waals surface area (Å²) in [6.07, 6.45) is 1.56. The van der Waals surface area contributed by atoms with E-state index in [1.165, 1.54) is 38.5 Å². The third kappa shape index (κ3) is 3.38. The van der Waals surface area contributed by atoms with Gasteiger partial charge in [0.1, 0.15) is 11.1 Å². The highest BCUT2D eigenvalue weighted by Crippen LogP contribution is 2.52. The number of aromatic nitrogens is 2. The van der Waals surface area contributed by atoms with Gasteiger partial charge < -0.3 is 18.1 Å². The van der Waals surface area contributed by atoms with Gasteiger partial charge in [-0.2, -0.15) is 0 Å². The number of hydrogen-bond acceptors (Lipinski definition) is 4. The molecule has 0 spiro atoms. The van der Waals surface area contributed by atoms with Crippen molar-refractivity contribution in [3.63, 3.8) is 0 Å². The van der Waals surface area contributed by atoms with Gasteiger partial charge >= 0.3 is 0 Å². The summed E-state index contributed by atoms with van der Waals surface area (Å²) in [5.74, 6) is 0. The first-order valence-electron chi connectivity index (χ1n) is 17.5. The Morgan fingerprint density at radius 2 is 1.33 bits per heavy atom. The highest BCUT2D eigenvalue weighted by atomic mass is 16.3. The lowest BCUT2D eigenvalue weighted by atomic mass is 9.82. The average Bonchev–Trinajstić information content (AvgIpc) is 3.97. The van der Waals surface area contributed by atoms with Crippen LogP contribution in [0.1, 0.15) is 25.0 Å². The second-order valence-corrected chi connectivity index (χ2v) is 14.4. The molecular formula is C46H29N3O2. The van der Waals surface area contributed by atoms with Gasteiger partial charge in [-0.25, -0.2) is 4.98 Å². The fourth-order valence-corrected chi connectivity index (χ4v) is 9.17. The Kier molecular flexibility index (Phi) is 4.99. The topological polar surface area (TPSA) is 46.8 Å². The minimum absolute atomic E-state index is 0.144. The molecular weight excluding hydrogens is 627 g/mol. The van der Waals surface area contributed by atoms with Gasteiger partial charge in [0.2, 0.25) is 0 Å². The molecule has 1 aliphatic rings. The molecule has 0 saturated heterocycles. The van der Waals surface area contributed by atoms with Crippen LogP contribution in [0.25, 0.3) is 82.3 Å². The number of furan rings is 1. The van der Waals surface area contributed by atoms with Crippen molar-refractivity contribution in [1.82, 2.24) is 9.38 Å². The van der Waals surface area contributed by atoms with E-state index in [2.05, 4.69) is 156 Å². The number of hydrogen-bond donors (Lipinski definition) is 0. The molecule has 0 unspecified atom stereocenters. The Bertz CT molecular complexity index is 3250. The third-order valence-corrected chi connectivity index (χ3v) is 11.5. The molecule has 5 nitrogen and oxygen atoms in total. The van der Waals surface area contributed by atoms with E-state index in [1.807, 2.05) is 6.07 Å². The Labute approximate surface area is 291 Å². The zero-order valence-corrected chi connectivity index (χ0v) is 27.9. The summed E-state index contributed by atoms with van der Waals surface area (Å²) < 4.78 is 15.2. The van der Waals surface area contributed by atoms with Crippen molar-refractivity contribution >= 4 is 88.2 Å². The number of benzene rings is 7. The van der Waals surface area contributed by atoms with E-state index in [9.17, 15) is 0 Å². The van der Waals surface area contributed by atoms with E-state index in [0.717, 1.165) is 71.9 Å². The number of anilines is 3. The number of rotatable bonds is 3. The van der Waals surface area contributed by atoms with Crippen LogP contribution in [0.4, 0.5) is 17.1 Å². The number of nitrogens with zero attached hydrogens (tertiary/aromatic N) is 3. The molecule has 0 amide bonds. The van der Waals surface area contributed by atoms with Gasteiger partial charge in [0.25, 0.3) is 0 Å². The smallest absolute Gasteiger partial charge is 0.182 e. The molecule has 4 heterocycles. The molecule has 4 aromatic heterocycles. The molecule has 0 saturated carbocycles. The Balaban J connectivity index is 1.18. The zero-order valence-electron chi connectivity index (χ0n) is 27.9. The van der Waals surface area contributed by atoms with Crippen LogP contribution in [0.2, 0.25) is 0 Å². The van der Waals surface area contributed by atoms with Gasteiger partial charge in [-0.05, 0) is 76.9 Å². The monoisotopic (exact) mass is 655 g/mol. The maximum absolute atomic E-state index is 6.70. The van der Waals surface area contributed by atoms with Crippen molar-refractivity contribution in [3.8, 4) is 11.1 Å². The molecule has 12 rings (SSSR count). The average molecular weight is 656 g/mol. The summed E-state index contributed by atoms with van der Waals surface area (Å²) in [6.45, 7) is 4.67. The van der Waals surface area contributed by atoms with Crippen LogP contribution in [-0.2, 0) is 5.41 Å². The van der Waals surface area contributed by atoms with Crippen molar-refractivity contribution in [2.45, 2.75) is 19.3 Å². The molecule has 1 aliphatic carbocycles. The summed E-state index contributed by atoms with van der Waals surface area (Å²) in [6, 6.07) is 48.2. The lowest BCUT2D eigenvalue weighted by Crippen LogP contribution is -2.16. The van der Waals surface area contributed by atoms with Crippen LogP contribution in [0.3, 0.4) is 0 Å². The summed E-state index contributed by atoms with van der Waals surface area (Å²) in [5.41, 5.74) is 15.1. The Morgan fingerprint density at radius 1 is 0.588 bits per heavy atom. The lowest BCUT2D eigenvalue weighted by Gasteiger charge is -2.28. The van der Waals surface area contributed by atoms with Crippen molar-refractivity contribution in [1.29, 1.82) is 0 Å². The number of para-hydroxylation sites is 3. The van der Waals surface area contributed by atoms with Crippen LogP contribution < -0.4 is 4.90 Å². The second kappa shape index (κ2) is 9.34. The highest BCUT2D eigenvalue weighted by molar-refractivity contribution is 6.30. The molecule has 0 radical (unpaired) electrons. The van der Waals surface area contributed by atoms with Crippen LogP contribution in [0.5, 0.6) is 0 Å². The number of fused-ring (bicyclic) bond motifs is 14. The molecule has 0 aliphatic heterocycles. The molecule has 240 valence electrons. The molecule has 7 aromatic carbocycles. The van der Waals surface area contributed by atoms with E-state index >= 15 is 0 Å². The Morgan fingerprint density at radius 3 is 2.27 bits per heavy atom. The normalized spacial score (nSPS) is 13.8. The van der Waals surface area contributed by atoms with Crippen LogP contribution in [-0.4, -0.2) is 9.38 Å². The lowest BCUT2D eigenvalue weighted by molar-refractivity contribution is 0.605. The van der Waals surface area contributed by atoms with Gasteiger partial charge in [-0.15, -0.1) is 0 Å². The number of oxazole rings is 1. The predicted molar refractivity (Wildman–Crippen MR) is 208 cm³/mol. The van der Waals surface area contributed by atoms with E-state index in [1.54, 1.807) is 6.39 Å². The third-order valence-electron chi connectivity index (χ3n) is 11.5. The van der Waals surface area contributed by atoms with Crippen molar-refractivity contribution < 1.29 is 8.83 Å². The van der Waals surface area contributed by atoms with Gasteiger partial charge in [-0.1, -0.05) is 92.7 Å². The summed E-state index contributed by atoms with van der Waals surface area (Å²) in [4.78, 5) is 7.00. The maximum Gasteiger partial charge on any atom is 0.182 e.